The second-order valence-corrected chi connectivity index (χ2v) is 5.21. The van der Waals surface area contributed by atoms with Crippen LogP contribution in [0.2, 0.25) is 0 Å². The zero-order valence-electron chi connectivity index (χ0n) is 11.3. The van der Waals surface area contributed by atoms with E-state index in [4.69, 9.17) is 5.11 Å². The summed E-state index contributed by atoms with van der Waals surface area (Å²) in [6, 6.07) is 3.98. The van der Waals surface area contributed by atoms with Crippen LogP contribution in [0.5, 0.6) is 5.75 Å². The lowest BCUT2D eigenvalue weighted by molar-refractivity contribution is -0.122. The van der Waals surface area contributed by atoms with Crippen molar-refractivity contribution in [3.05, 3.63) is 23.8 Å². The average molecular weight is 278 g/mol. The number of hydrogen-bond donors (Lipinski definition) is 4. The summed E-state index contributed by atoms with van der Waals surface area (Å²) in [6.45, 7) is 2.64. The predicted molar refractivity (Wildman–Crippen MR) is 74.0 cm³/mol. The number of piperidine rings is 1. The summed E-state index contributed by atoms with van der Waals surface area (Å²) in [5, 5.41) is 24.3. The van der Waals surface area contributed by atoms with E-state index < -0.39 is 11.5 Å². The van der Waals surface area contributed by atoms with Crippen LogP contribution in [-0.4, -0.2) is 34.2 Å². The van der Waals surface area contributed by atoms with Crippen molar-refractivity contribution < 1.29 is 19.8 Å². The minimum atomic E-state index is -1.21. The lowest BCUT2D eigenvalue weighted by Gasteiger charge is -2.33. The van der Waals surface area contributed by atoms with E-state index in [2.05, 4.69) is 10.6 Å². The maximum Gasteiger partial charge on any atom is 0.339 e. The van der Waals surface area contributed by atoms with E-state index in [1.807, 2.05) is 6.92 Å². The second-order valence-electron chi connectivity index (χ2n) is 5.21. The van der Waals surface area contributed by atoms with E-state index in [1.165, 1.54) is 18.2 Å². The van der Waals surface area contributed by atoms with Gasteiger partial charge < -0.3 is 20.8 Å². The van der Waals surface area contributed by atoms with Crippen LogP contribution in [-0.2, 0) is 4.79 Å². The van der Waals surface area contributed by atoms with Crippen molar-refractivity contribution >= 4 is 17.6 Å². The van der Waals surface area contributed by atoms with Crippen molar-refractivity contribution in [1.29, 1.82) is 0 Å². The molecule has 1 aromatic carbocycles. The first-order valence-corrected chi connectivity index (χ1v) is 6.55. The molecule has 1 fully saturated rings. The number of hydrogen-bond acceptors (Lipinski definition) is 4. The monoisotopic (exact) mass is 278 g/mol. The summed E-state index contributed by atoms with van der Waals surface area (Å²) < 4.78 is 0. The number of aromatic carboxylic acids is 1. The Bertz CT molecular complexity index is 536. The van der Waals surface area contributed by atoms with Crippen molar-refractivity contribution in [2.75, 3.05) is 11.9 Å². The van der Waals surface area contributed by atoms with Crippen LogP contribution in [0.1, 0.15) is 36.5 Å². The molecule has 1 aliphatic heterocycles. The van der Waals surface area contributed by atoms with Gasteiger partial charge in [-0.1, -0.05) is 0 Å². The van der Waals surface area contributed by atoms with E-state index in [1.54, 1.807) is 0 Å². The normalized spacial score (nSPS) is 22.2. The fraction of sp³-hybridized carbons (Fsp3) is 0.429. The molecule has 0 spiro atoms. The second kappa shape index (κ2) is 5.50. The van der Waals surface area contributed by atoms with Gasteiger partial charge in [0.15, 0.2) is 0 Å². The number of carbonyl (C=O) groups excluding carboxylic acids is 1. The molecule has 1 atom stereocenters. The Hall–Kier alpha value is -2.08. The van der Waals surface area contributed by atoms with Crippen LogP contribution in [0.15, 0.2) is 18.2 Å². The number of rotatable bonds is 3. The topological polar surface area (TPSA) is 98.7 Å². The molecule has 1 saturated heterocycles. The zero-order valence-corrected chi connectivity index (χ0v) is 11.3. The highest BCUT2D eigenvalue weighted by Gasteiger charge is 2.34. The number of benzene rings is 1. The SMILES string of the molecule is CC1(C(=O)Nc2ccc(C(=O)O)c(O)c2)CCCCN1. The molecule has 0 aliphatic carbocycles. The lowest BCUT2D eigenvalue weighted by atomic mass is 9.90. The maximum absolute atomic E-state index is 12.2. The third kappa shape index (κ3) is 2.91. The molecule has 20 heavy (non-hydrogen) atoms. The molecule has 1 unspecified atom stereocenters. The highest BCUT2D eigenvalue weighted by atomic mass is 16.4. The summed E-state index contributed by atoms with van der Waals surface area (Å²) in [6.07, 6.45) is 2.79. The molecular weight excluding hydrogens is 260 g/mol. The molecule has 108 valence electrons. The first-order chi connectivity index (χ1) is 9.42. The van der Waals surface area contributed by atoms with Gasteiger partial charge in [0.2, 0.25) is 5.91 Å². The number of carboxylic acids is 1. The van der Waals surface area contributed by atoms with Gasteiger partial charge in [-0.15, -0.1) is 0 Å². The van der Waals surface area contributed by atoms with Crippen LogP contribution >= 0.6 is 0 Å². The van der Waals surface area contributed by atoms with E-state index >= 15 is 0 Å². The van der Waals surface area contributed by atoms with Crippen molar-refractivity contribution in [1.82, 2.24) is 5.32 Å². The van der Waals surface area contributed by atoms with Crippen molar-refractivity contribution in [2.45, 2.75) is 31.7 Å². The van der Waals surface area contributed by atoms with Gasteiger partial charge in [-0.2, -0.15) is 0 Å². The number of aromatic hydroxyl groups is 1. The maximum atomic E-state index is 12.2. The van der Waals surface area contributed by atoms with Crippen molar-refractivity contribution in [3.63, 3.8) is 0 Å². The van der Waals surface area contributed by atoms with E-state index in [-0.39, 0.29) is 17.2 Å². The standard InChI is InChI=1S/C14H18N2O4/c1-14(6-2-3-7-15-14)13(20)16-9-4-5-10(12(18)19)11(17)8-9/h4-5,8,15,17H,2-3,6-7H2,1H3,(H,16,20)(H,18,19). The van der Waals surface area contributed by atoms with Crippen molar-refractivity contribution in [2.24, 2.45) is 0 Å². The van der Waals surface area contributed by atoms with E-state index in [0.29, 0.717) is 5.69 Å². The first-order valence-electron chi connectivity index (χ1n) is 6.55. The Labute approximate surface area is 116 Å². The number of phenols is 1. The first kappa shape index (κ1) is 14.3. The van der Waals surface area contributed by atoms with Crippen LogP contribution in [0.3, 0.4) is 0 Å². The molecule has 0 radical (unpaired) electrons. The molecule has 0 bridgehead atoms. The highest BCUT2D eigenvalue weighted by molar-refractivity contribution is 5.99. The van der Waals surface area contributed by atoms with E-state index in [0.717, 1.165) is 25.8 Å². The van der Waals surface area contributed by atoms with Crippen molar-refractivity contribution in [3.8, 4) is 5.75 Å². The van der Waals surface area contributed by atoms with Crippen LogP contribution < -0.4 is 10.6 Å². The van der Waals surface area contributed by atoms with Gasteiger partial charge in [0.25, 0.3) is 0 Å². The Morgan fingerprint density at radius 1 is 1.35 bits per heavy atom. The fourth-order valence-electron chi connectivity index (χ4n) is 2.31. The molecule has 1 amide bonds. The minimum absolute atomic E-state index is 0.181. The molecule has 4 N–H and O–H groups in total. The van der Waals surface area contributed by atoms with Gasteiger partial charge in [0.1, 0.15) is 11.3 Å². The Kier molecular flexibility index (Phi) is 3.94. The number of amides is 1. The minimum Gasteiger partial charge on any atom is -0.507 e. The summed E-state index contributed by atoms with van der Waals surface area (Å²) in [7, 11) is 0. The Balaban J connectivity index is 2.12. The summed E-state index contributed by atoms with van der Waals surface area (Å²) in [5.41, 5.74) is -0.435. The molecule has 1 aliphatic rings. The third-order valence-electron chi connectivity index (χ3n) is 3.61. The highest BCUT2D eigenvalue weighted by Crippen LogP contribution is 2.24. The number of carbonyl (C=O) groups is 2. The number of nitrogens with one attached hydrogen (secondary N) is 2. The van der Waals surface area contributed by atoms with Gasteiger partial charge in [0, 0.05) is 11.8 Å². The largest absolute Gasteiger partial charge is 0.507 e. The Morgan fingerprint density at radius 3 is 2.65 bits per heavy atom. The molecule has 1 heterocycles. The average Bonchev–Trinajstić information content (AvgIpc) is 2.39. The quantitative estimate of drug-likeness (QED) is 0.672. The summed E-state index contributed by atoms with van der Waals surface area (Å²) >= 11 is 0. The Morgan fingerprint density at radius 2 is 2.10 bits per heavy atom. The summed E-state index contributed by atoms with van der Waals surface area (Å²) in [5.74, 6) is -1.75. The van der Waals surface area contributed by atoms with Crippen LogP contribution in [0.25, 0.3) is 0 Å². The molecule has 1 aromatic rings. The van der Waals surface area contributed by atoms with Gasteiger partial charge in [-0.05, 0) is 44.9 Å². The molecule has 6 heteroatoms. The molecular formula is C14H18N2O4. The molecule has 0 saturated carbocycles. The third-order valence-corrected chi connectivity index (χ3v) is 3.61. The van der Waals surface area contributed by atoms with E-state index in [9.17, 15) is 14.7 Å². The van der Waals surface area contributed by atoms with Gasteiger partial charge >= 0.3 is 5.97 Å². The van der Waals surface area contributed by atoms with Crippen LogP contribution in [0, 0.1) is 0 Å². The molecule has 6 nitrogen and oxygen atoms in total. The molecule has 0 aromatic heterocycles. The zero-order chi connectivity index (χ0) is 14.8. The van der Waals surface area contributed by atoms with Gasteiger partial charge in [-0.25, -0.2) is 4.79 Å². The lowest BCUT2D eigenvalue weighted by Crippen LogP contribution is -2.54. The number of carboxylic acid groups (broad SMARTS) is 1. The van der Waals surface area contributed by atoms with Gasteiger partial charge in [0.05, 0.1) is 5.54 Å². The van der Waals surface area contributed by atoms with Crippen LogP contribution in [0.4, 0.5) is 5.69 Å². The summed E-state index contributed by atoms with van der Waals surface area (Å²) in [4.78, 5) is 23.0. The molecule has 2 rings (SSSR count). The smallest absolute Gasteiger partial charge is 0.339 e. The van der Waals surface area contributed by atoms with Gasteiger partial charge in [-0.3, -0.25) is 4.79 Å². The fourth-order valence-corrected chi connectivity index (χ4v) is 2.31. The predicted octanol–water partition coefficient (Wildman–Crippen LogP) is 1.56. The number of anilines is 1.